The Kier molecular flexibility index (Phi) is 4.34. The second-order valence-electron chi connectivity index (χ2n) is 4.23. The summed E-state index contributed by atoms with van der Waals surface area (Å²) in [6, 6.07) is 1.32. The summed E-state index contributed by atoms with van der Waals surface area (Å²) in [4.78, 5) is 16.5. The molecule has 1 saturated heterocycles. The number of halogens is 1. The third-order valence-corrected chi connectivity index (χ3v) is 3.11. The van der Waals surface area contributed by atoms with E-state index in [1.807, 2.05) is 4.90 Å². The van der Waals surface area contributed by atoms with E-state index < -0.39 is 4.92 Å². The molecule has 1 aliphatic rings. The lowest BCUT2D eigenvalue weighted by Gasteiger charge is -2.17. The van der Waals surface area contributed by atoms with Crippen molar-refractivity contribution in [1.29, 1.82) is 0 Å². The molecule has 1 unspecified atom stereocenters. The van der Waals surface area contributed by atoms with Crippen LogP contribution in [0.2, 0.25) is 5.02 Å². The Balaban J connectivity index is 2.15. The van der Waals surface area contributed by atoms with E-state index in [1.54, 1.807) is 6.08 Å². The van der Waals surface area contributed by atoms with Crippen LogP contribution in [0.15, 0.2) is 24.9 Å². The van der Waals surface area contributed by atoms with E-state index in [9.17, 15) is 10.1 Å². The second-order valence-corrected chi connectivity index (χ2v) is 4.67. The van der Waals surface area contributed by atoms with Gasteiger partial charge in [-0.1, -0.05) is 17.7 Å². The third-order valence-electron chi connectivity index (χ3n) is 2.90. The van der Waals surface area contributed by atoms with Crippen molar-refractivity contribution in [2.24, 2.45) is 0 Å². The fraction of sp³-hybridized carbons (Fsp3) is 0.417. The van der Waals surface area contributed by atoms with Gasteiger partial charge in [-0.25, -0.2) is 4.98 Å². The molecule has 1 aliphatic heterocycles. The molecule has 0 N–H and O–H groups in total. The minimum Gasteiger partial charge on any atom is -0.372 e. The molecule has 102 valence electrons. The van der Waals surface area contributed by atoms with Crippen LogP contribution in [0.5, 0.6) is 0 Å². The zero-order chi connectivity index (χ0) is 13.8. The molecule has 0 spiro atoms. The Hall–Kier alpha value is -1.66. The molecule has 0 aliphatic carbocycles. The minimum atomic E-state index is -0.466. The molecule has 2 rings (SSSR count). The van der Waals surface area contributed by atoms with Crippen LogP contribution in [0.25, 0.3) is 0 Å². The summed E-state index contributed by atoms with van der Waals surface area (Å²) in [6.07, 6.45) is 3.97. The average molecular weight is 284 g/mol. The molecule has 2 heterocycles. The van der Waals surface area contributed by atoms with Gasteiger partial charge in [0, 0.05) is 25.4 Å². The van der Waals surface area contributed by atoms with Crippen LogP contribution in [0, 0.1) is 10.1 Å². The first-order valence-electron chi connectivity index (χ1n) is 5.89. The van der Waals surface area contributed by atoms with Crippen LogP contribution in [-0.4, -0.2) is 35.7 Å². The maximum atomic E-state index is 11.0. The first kappa shape index (κ1) is 13.8. The molecule has 0 bridgehead atoms. The highest BCUT2D eigenvalue weighted by molar-refractivity contribution is 6.30. The standard InChI is InChI=1S/C12H14ClN3O3/c1-2-5-19-10-3-4-15(8-10)12-11(16(17)18)6-9(13)7-14-12/h2,6-7,10H,1,3-5,8H2. The lowest BCUT2D eigenvalue weighted by molar-refractivity contribution is -0.384. The van der Waals surface area contributed by atoms with E-state index in [0.717, 1.165) is 6.42 Å². The van der Waals surface area contributed by atoms with Crippen LogP contribution in [0.3, 0.4) is 0 Å². The average Bonchev–Trinajstić information content (AvgIpc) is 2.84. The predicted octanol–water partition coefficient (Wildman–Crippen LogP) is 2.42. The molecule has 1 atom stereocenters. The number of nitro groups is 1. The Morgan fingerprint density at radius 2 is 2.53 bits per heavy atom. The highest BCUT2D eigenvalue weighted by Gasteiger charge is 2.29. The number of hydrogen-bond acceptors (Lipinski definition) is 5. The maximum absolute atomic E-state index is 11.0. The van der Waals surface area contributed by atoms with Gasteiger partial charge in [0.1, 0.15) is 0 Å². The molecule has 7 heteroatoms. The number of ether oxygens (including phenoxy) is 1. The highest BCUT2D eigenvalue weighted by atomic mass is 35.5. The van der Waals surface area contributed by atoms with Crippen LogP contribution in [-0.2, 0) is 4.74 Å². The molecule has 19 heavy (non-hydrogen) atoms. The van der Waals surface area contributed by atoms with Gasteiger partial charge in [0.05, 0.1) is 22.7 Å². The number of anilines is 1. The van der Waals surface area contributed by atoms with Crippen molar-refractivity contribution in [1.82, 2.24) is 4.98 Å². The van der Waals surface area contributed by atoms with E-state index in [2.05, 4.69) is 11.6 Å². The molecule has 1 aromatic rings. The Morgan fingerprint density at radius 3 is 3.21 bits per heavy atom. The van der Waals surface area contributed by atoms with E-state index in [1.165, 1.54) is 12.3 Å². The molecular formula is C12H14ClN3O3. The van der Waals surface area contributed by atoms with Gasteiger partial charge in [-0.3, -0.25) is 10.1 Å². The summed E-state index contributed by atoms with van der Waals surface area (Å²) < 4.78 is 5.54. The van der Waals surface area contributed by atoms with Crippen molar-refractivity contribution in [2.45, 2.75) is 12.5 Å². The first-order valence-corrected chi connectivity index (χ1v) is 6.27. The van der Waals surface area contributed by atoms with Gasteiger partial charge in [-0.15, -0.1) is 6.58 Å². The van der Waals surface area contributed by atoms with Crippen molar-refractivity contribution in [3.63, 3.8) is 0 Å². The third kappa shape index (κ3) is 3.21. The number of rotatable bonds is 5. The van der Waals surface area contributed by atoms with E-state index in [0.29, 0.717) is 25.5 Å². The zero-order valence-electron chi connectivity index (χ0n) is 10.3. The van der Waals surface area contributed by atoms with Gasteiger partial charge >= 0.3 is 5.69 Å². The lowest BCUT2D eigenvalue weighted by atomic mass is 10.3. The molecule has 0 saturated carbocycles. The number of pyridine rings is 1. The van der Waals surface area contributed by atoms with Crippen molar-refractivity contribution in [2.75, 3.05) is 24.6 Å². The monoisotopic (exact) mass is 283 g/mol. The Morgan fingerprint density at radius 1 is 1.74 bits per heavy atom. The largest absolute Gasteiger partial charge is 0.372 e. The number of hydrogen-bond donors (Lipinski definition) is 0. The SMILES string of the molecule is C=CCOC1CCN(c2ncc(Cl)cc2[N+](=O)[O-])C1. The van der Waals surface area contributed by atoms with Crippen LogP contribution in [0.1, 0.15) is 6.42 Å². The summed E-state index contributed by atoms with van der Waals surface area (Å²) in [7, 11) is 0. The molecule has 6 nitrogen and oxygen atoms in total. The number of aromatic nitrogens is 1. The van der Waals surface area contributed by atoms with Crippen molar-refractivity contribution >= 4 is 23.1 Å². The lowest BCUT2D eigenvalue weighted by Crippen LogP contribution is -2.24. The van der Waals surface area contributed by atoms with E-state index in [4.69, 9.17) is 16.3 Å². The quantitative estimate of drug-likeness (QED) is 0.471. The van der Waals surface area contributed by atoms with Gasteiger partial charge in [-0.2, -0.15) is 0 Å². The first-order chi connectivity index (χ1) is 9.11. The van der Waals surface area contributed by atoms with Crippen molar-refractivity contribution in [3.05, 3.63) is 40.1 Å². The number of nitrogens with zero attached hydrogens (tertiary/aromatic N) is 3. The van der Waals surface area contributed by atoms with Crippen molar-refractivity contribution < 1.29 is 9.66 Å². The Labute approximate surface area is 115 Å². The van der Waals surface area contributed by atoms with Crippen LogP contribution in [0.4, 0.5) is 11.5 Å². The fourth-order valence-corrected chi connectivity index (χ4v) is 2.21. The molecule has 1 aromatic heterocycles. The van der Waals surface area contributed by atoms with Crippen LogP contribution >= 0.6 is 11.6 Å². The minimum absolute atomic E-state index is 0.0510. The normalized spacial score (nSPS) is 18.6. The van der Waals surface area contributed by atoms with Gasteiger partial charge in [0.25, 0.3) is 0 Å². The molecule has 0 radical (unpaired) electrons. The highest BCUT2D eigenvalue weighted by Crippen LogP contribution is 2.31. The van der Waals surface area contributed by atoms with E-state index in [-0.39, 0.29) is 16.8 Å². The summed E-state index contributed by atoms with van der Waals surface area (Å²) >= 11 is 5.74. The molecule has 0 amide bonds. The van der Waals surface area contributed by atoms with Gasteiger partial charge < -0.3 is 9.64 Å². The predicted molar refractivity (Wildman–Crippen MR) is 72.7 cm³/mol. The second kappa shape index (κ2) is 5.99. The molecular weight excluding hydrogens is 270 g/mol. The maximum Gasteiger partial charge on any atom is 0.313 e. The molecule has 1 fully saturated rings. The fourth-order valence-electron chi connectivity index (χ4n) is 2.06. The summed E-state index contributed by atoms with van der Waals surface area (Å²) in [6.45, 7) is 5.34. The van der Waals surface area contributed by atoms with Gasteiger partial charge in [0.15, 0.2) is 0 Å². The summed E-state index contributed by atoms with van der Waals surface area (Å²) in [5, 5.41) is 11.3. The summed E-state index contributed by atoms with van der Waals surface area (Å²) in [5.41, 5.74) is -0.0723. The van der Waals surface area contributed by atoms with Crippen molar-refractivity contribution in [3.8, 4) is 0 Å². The topological polar surface area (TPSA) is 68.5 Å². The molecule has 0 aromatic carbocycles. The smallest absolute Gasteiger partial charge is 0.313 e. The summed E-state index contributed by atoms with van der Waals surface area (Å²) in [5.74, 6) is 0.346. The van der Waals surface area contributed by atoms with E-state index >= 15 is 0 Å². The zero-order valence-corrected chi connectivity index (χ0v) is 11.0. The Bertz CT molecular complexity index is 495. The van der Waals surface area contributed by atoms with Gasteiger partial charge in [-0.05, 0) is 6.42 Å². The van der Waals surface area contributed by atoms with Crippen LogP contribution < -0.4 is 4.90 Å². The van der Waals surface area contributed by atoms with Gasteiger partial charge in [0.2, 0.25) is 5.82 Å².